The molecule has 0 radical (unpaired) electrons. The van der Waals surface area contributed by atoms with Crippen molar-refractivity contribution < 1.29 is 14.5 Å². The van der Waals surface area contributed by atoms with Gasteiger partial charge in [0.05, 0.1) is 6.10 Å². The molecule has 5 nitrogen and oxygen atoms in total. The summed E-state index contributed by atoms with van der Waals surface area (Å²) in [4.78, 5) is 19.4. The molecule has 0 aliphatic carbocycles. The van der Waals surface area contributed by atoms with Crippen molar-refractivity contribution in [1.29, 1.82) is 0 Å². The molecule has 0 atom stereocenters. The highest BCUT2D eigenvalue weighted by Gasteiger charge is 2.24. The van der Waals surface area contributed by atoms with Gasteiger partial charge in [-0.15, -0.1) is 0 Å². The molecule has 2 aromatic heterocycles. The Labute approximate surface area is 213 Å². The van der Waals surface area contributed by atoms with Gasteiger partial charge in [0.1, 0.15) is 0 Å². The van der Waals surface area contributed by atoms with Crippen LogP contribution in [0.15, 0.2) is 55.0 Å². The number of benzene rings is 1. The summed E-state index contributed by atoms with van der Waals surface area (Å²) >= 11 is 6.76. The van der Waals surface area contributed by atoms with E-state index in [2.05, 4.69) is 68.7 Å². The minimum absolute atomic E-state index is 0.0390. The van der Waals surface area contributed by atoms with Gasteiger partial charge in [0.25, 0.3) is 5.91 Å². The molecule has 1 aliphatic heterocycles. The van der Waals surface area contributed by atoms with Crippen molar-refractivity contribution in [2.75, 3.05) is 13.1 Å². The largest absolute Gasteiger partial charge is 0.393 e. The predicted molar refractivity (Wildman–Crippen MR) is 141 cm³/mol. The maximum absolute atomic E-state index is 13.0. The fourth-order valence-corrected chi connectivity index (χ4v) is 4.65. The van der Waals surface area contributed by atoms with Crippen LogP contribution in [0.2, 0.25) is 5.02 Å². The second kappa shape index (κ2) is 10.1. The molecule has 1 amide bonds. The van der Waals surface area contributed by atoms with E-state index in [-0.39, 0.29) is 23.5 Å². The first-order chi connectivity index (χ1) is 16.5. The number of nitrogens with zero attached hydrogens (tertiary/aromatic N) is 3. The fraction of sp³-hybridized carbons (Fsp3) is 0.414. The molecule has 35 heavy (non-hydrogen) atoms. The summed E-state index contributed by atoms with van der Waals surface area (Å²) in [5, 5.41) is 10.3. The number of carbonyl (C=O) groups excluding carboxylic acids is 1. The van der Waals surface area contributed by atoms with Crippen molar-refractivity contribution >= 4 is 17.5 Å². The van der Waals surface area contributed by atoms with Crippen molar-refractivity contribution in [2.24, 2.45) is 0 Å². The molecule has 0 spiro atoms. The number of pyridine rings is 2. The average Bonchev–Trinajstić information content (AvgIpc) is 2.83. The molecule has 3 heterocycles. The van der Waals surface area contributed by atoms with Crippen LogP contribution in [0.1, 0.15) is 69.6 Å². The van der Waals surface area contributed by atoms with Crippen molar-refractivity contribution in [3.8, 4) is 22.3 Å². The molecule has 3 aromatic rings. The molecule has 6 heteroatoms. The number of aromatic nitrogens is 2. The van der Waals surface area contributed by atoms with Crippen molar-refractivity contribution in [2.45, 2.75) is 65.0 Å². The van der Waals surface area contributed by atoms with Crippen LogP contribution in [0.25, 0.3) is 22.3 Å². The minimum atomic E-state index is -0.315. The highest BCUT2D eigenvalue weighted by Crippen LogP contribution is 2.32. The number of rotatable bonds is 4. The Hall–Kier alpha value is -2.76. The zero-order valence-electron chi connectivity index (χ0n) is 21.3. The number of halogens is 1. The van der Waals surface area contributed by atoms with Gasteiger partial charge in [-0.05, 0) is 62.6 Å². The summed E-state index contributed by atoms with van der Waals surface area (Å²) in [6.45, 7) is 11.9. The van der Waals surface area contributed by atoms with Gasteiger partial charge in [0.15, 0.2) is 18.4 Å². The second-order valence-corrected chi connectivity index (χ2v) is 11.2. The number of carbonyl (C=O) groups is 1. The van der Waals surface area contributed by atoms with Crippen molar-refractivity contribution in [3.63, 3.8) is 0 Å². The van der Waals surface area contributed by atoms with E-state index in [4.69, 9.17) is 11.6 Å². The highest BCUT2D eigenvalue weighted by atomic mass is 35.5. The maximum Gasteiger partial charge on any atom is 0.253 e. The molecule has 0 saturated carbocycles. The molecule has 1 aromatic carbocycles. The Morgan fingerprint density at radius 3 is 2.37 bits per heavy atom. The van der Waals surface area contributed by atoms with Crippen LogP contribution in [0.4, 0.5) is 0 Å². The van der Waals surface area contributed by atoms with Gasteiger partial charge < -0.3 is 10.0 Å². The second-order valence-electron chi connectivity index (χ2n) is 10.8. The standard InChI is InChI=1S/C29H35ClN3O2/c1-19(2)33-17-22(20-8-11-31-27(16-20)29(3,4)5)14-23(18-33)25-7-6-21(15-26(25)30)28(35)32-12-9-24(34)10-13-32/h6-8,11,14-19,24,34H,9-10,12-13H2,1-5H3/q+1. The molecule has 0 unspecified atom stereocenters. The molecule has 4 rings (SSSR count). The van der Waals surface area contributed by atoms with E-state index >= 15 is 0 Å². The number of piperidine rings is 1. The lowest BCUT2D eigenvalue weighted by molar-refractivity contribution is -0.715. The van der Waals surface area contributed by atoms with E-state index in [1.165, 1.54) is 0 Å². The lowest BCUT2D eigenvalue weighted by atomic mass is 9.90. The number of aliphatic hydroxyl groups is 1. The number of aliphatic hydroxyl groups excluding tert-OH is 1. The van der Waals surface area contributed by atoms with Crippen LogP contribution >= 0.6 is 11.6 Å². The van der Waals surface area contributed by atoms with Crippen molar-refractivity contribution in [3.05, 3.63) is 71.3 Å². The topological polar surface area (TPSA) is 57.3 Å². The van der Waals surface area contributed by atoms with Gasteiger partial charge in [-0.25, -0.2) is 4.57 Å². The SMILES string of the molecule is CC(C)[n+]1cc(-c2ccnc(C(C)(C)C)c2)cc(-c2ccc(C(=O)N3CCC(O)CC3)cc2Cl)c1. The first-order valence-electron chi connectivity index (χ1n) is 12.3. The first-order valence-corrected chi connectivity index (χ1v) is 12.7. The Balaban J connectivity index is 1.71. The van der Waals surface area contributed by atoms with Crippen LogP contribution in [0.3, 0.4) is 0 Å². The molecule has 1 fully saturated rings. The summed E-state index contributed by atoms with van der Waals surface area (Å²) in [5.74, 6) is -0.0390. The third kappa shape index (κ3) is 5.74. The van der Waals surface area contributed by atoms with Crippen molar-refractivity contribution in [1.82, 2.24) is 9.88 Å². The van der Waals surface area contributed by atoms with Crippen LogP contribution in [0, 0.1) is 0 Å². The average molecular weight is 493 g/mol. The Kier molecular flexibility index (Phi) is 7.30. The van der Waals surface area contributed by atoms with Crippen LogP contribution in [-0.2, 0) is 5.41 Å². The number of hydrogen-bond donors (Lipinski definition) is 1. The van der Waals surface area contributed by atoms with Gasteiger partial charge in [-0.1, -0.05) is 38.4 Å². The molecular weight excluding hydrogens is 458 g/mol. The smallest absolute Gasteiger partial charge is 0.253 e. The molecule has 184 valence electrons. The monoisotopic (exact) mass is 492 g/mol. The van der Waals surface area contributed by atoms with E-state index < -0.39 is 0 Å². The lowest BCUT2D eigenvalue weighted by Gasteiger charge is -2.29. The number of amides is 1. The van der Waals surface area contributed by atoms with E-state index in [1.54, 1.807) is 11.0 Å². The van der Waals surface area contributed by atoms with Gasteiger partial charge in [-0.3, -0.25) is 9.78 Å². The van der Waals surface area contributed by atoms with E-state index in [1.807, 2.05) is 24.4 Å². The normalized spacial score (nSPS) is 15.0. The van der Waals surface area contributed by atoms with Crippen LogP contribution in [0.5, 0.6) is 0 Å². The summed E-state index contributed by atoms with van der Waals surface area (Å²) in [6, 6.07) is 12.2. The summed E-state index contributed by atoms with van der Waals surface area (Å²) in [7, 11) is 0. The molecular formula is C29H35ClN3O2+. The fourth-order valence-electron chi connectivity index (χ4n) is 4.36. The van der Waals surface area contributed by atoms with E-state index in [0.29, 0.717) is 36.5 Å². The first kappa shape index (κ1) is 25.3. The van der Waals surface area contributed by atoms with Crippen LogP contribution < -0.4 is 4.57 Å². The Morgan fingerprint density at radius 1 is 1.06 bits per heavy atom. The number of likely N-dealkylation sites (tertiary alicyclic amines) is 1. The van der Waals surface area contributed by atoms with Gasteiger partial charge in [-0.2, -0.15) is 0 Å². The zero-order valence-corrected chi connectivity index (χ0v) is 22.0. The quantitative estimate of drug-likeness (QED) is 0.466. The van der Waals surface area contributed by atoms with E-state index in [0.717, 1.165) is 27.9 Å². The zero-order chi connectivity index (χ0) is 25.3. The number of hydrogen-bond acceptors (Lipinski definition) is 3. The maximum atomic E-state index is 13.0. The third-order valence-corrected chi connectivity index (χ3v) is 6.94. The van der Waals surface area contributed by atoms with Gasteiger partial charge >= 0.3 is 0 Å². The molecule has 0 bridgehead atoms. The van der Waals surface area contributed by atoms with E-state index in [9.17, 15) is 9.90 Å². The van der Waals surface area contributed by atoms with Gasteiger partial charge in [0.2, 0.25) is 0 Å². The third-order valence-electron chi connectivity index (χ3n) is 6.62. The van der Waals surface area contributed by atoms with Crippen LogP contribution in [-0.4, -0.2) is 40.1 Å². The molecule has 1 saturated heterocycles. The highest BCUT2D eigenvalue weighted by molar-refractivity contribution is 6.33. The molecule has 1 N–H and O–H groups in total. The lowest BCUT2D eigenvalue weighted by Crippen LogP contribution is -2.40. The van der Waals surface area contributed by atoms with Gasteiger partial charge in [0, 0.05) is 57.7 Å². The summed E-state index contributed by atoms with van der Waals surface area (Å²) in [6.07, 6.45) is 7.05. The summed E-state index contributed by atoms with van der Waals surface area (Å²) < 4.78 is 2.19. The Bertz CT molecular complexity index is 1220. The predicted octanol–water partition coefficient (Wildman–Crippen LogP) is 5.83. The minimum Gasteiger partial charge on any atom is -0.393 e. The summed E-state index contributed by atoms with van der Waals surface area (Å²) in [5.41, 5.74) is 5.66. The Morgan fingerprint density at radius 2 is 1.74 bits per heavy atom. The molecule has 1 aliphatic rings.